The molecule has 3 N–H and O–H groups in total. The van der Waals surface area contributed by atoms with Gasteiger partial charge in [0.05, 0.1) is 12.2 Å². The third-order valence-corrected chi connectivity index (χ3v) is 9.21. The molecule has 11 nitrogen and oxygen atoms in total. The smallest absolute Gasteiger partial charge is 0.278 e. The number of amidine groups is 1. The number of imidazole rings is 1. The number of aliphatic imine (C=N–C) groups is 1. The summed E-state index contributed by atoms with van der Waals surface area (Å²) in [4.78, 5) is 36.9. The molecule has 39 heavy (non-hydrogen) atoms. The van der Waals surface area contributed by atoms with Crippen LogP contribution in [0.2, 0.25) is 0 Å². The quantitative estimate of drug-likeness (QED) is 0.338. The fraction of sp³-hybridized carbons (Fsp3) is 0.520. The Balaban J connectivity index is 1.43. The van der Waals surface area contributed by atoms with Crippen molar-refractivity contribution in [2.45, 2.75) is 66.5 Å². The zero-order valence-electron chi connectivity index (χ0n) is 21.4. The normalized spacial score (nSPS) is 29.7. The number of alkyl halides is 2. The molecule has 1 aromatic heterocycles. The summed E-state index contributed by atoms with van der Waals surface area (Å²) in [6, 6.07) is 10.3. The molecule has 2 aromatic rings. The Bertz CT molecular complexity index is 1260. The largest absolute Gasteiger partial charge is 0.387 e. The van der Waals surface area contributed by atoms with Crippen molar-refractivity contribution in [3.63, 3.8) is 0 Å². The van der Waals surface area contributed by atoms with Crippen LogP contribution in [0.25, 0.3) is 0 Å². The van der Waals surface area contributed by atoms with Crippen LogP contribution in [0, 0.1) is 0 Å². The second-order valence-corrected chi connectivity index (χ2v) is 11.9. The summed E-state index contributed by atoms with van der Waals surface area (Å²) < 4.78 is 7.19. The van der Waals surface area contributed by atoms with Crippen LogP contribution in [0.5, 0.6) is 0 Å². The number of aliphatic hydroxyl groups excluding tert-OH is 2. The van der Waals surface area contributed by atoms with E-state index in [1.165, 1.54) is 29.6 Å². The van der Waals surface area contributed by atoms with Crippen molar-refractivity contribution >= 4 is 58.3 Å². The van der Waals surface area contributed by atoms with Crippen molar-refractivity contribution in [3.8, 4) is 0 Å². The summed E-state index contributed by atoms with van der Waals surface area (Å²) >= 11 is 14.5. The zero-order chi connectivity index (χ0) is 27.9. The number of halogens is 2. The third kappa shape index (κ3) is 5.31. The molecule has 4 heterocycles. The van der Waals surface area contributed by atoms with Crippen molar-refractivity contribution < 1.29 is 24.5 Å². The minimum atomic E-state index is -2.09. The van der Waals surface area contributed by atoms with Gasteiger partial charge in [-0.3, -0.25) is 19.1 Å². The lowest BCUT2D eigenvalue weighted by Crippen LogP contribution is -2.58. The Kier molecular flexibility index (Phi) is 8.25. The lowest BCUT2D eigenvalue weighted by Gasteiger charge is -2.40. The van der Waals surface area contributed by atoms with Crippen molar-refractivity contribution in [2.75, 3.05) is 23.9 Å². The second-order valence-electron chi connectivity index (χ2n) is 9.71. The Labute approximate surface area is 240 Å². The number of aromatic nitrogens is 2. The fourth-order valence-corrected chi connectivity index (χ4v) is 6.69. The van der Waals surface area contributed by atoms with Gasteiger partial charge >= 0.3 is 0 Å². The maximum Gasteiger partial charge on any atom is 0.278 e. The molecule has 1 aromatic carbocycles. The monoisotopic (exact) mass is 596 g/mol. The van der Waals surface area contributed by atoms with E-state index in [1.807, 2.05) is 35.0 Å². The number of nitrogens with zero attached hydrogens (tertiary/aromatic N) is 5. The first-order valence-corrected chi connectivity index (χ1v) is 14.4. The zero-order valence-corrected chi connectivity index (χ0v) is 23.7. The molecular weight excluding hydrogens is 567 g/mol. The number of ketones is 1. The van der Waals surface area contributed by atoms with Crippen LogP contribution in [0.4, 0.5) is 5.82 Å². The van der Waals surface area contributed by atoms with Crippen molar-refractivity contribution in [1.82, 2.24) is 20.0 Å². The molecule has 3 aliphatic rings. The molecule has 210 valence electrons. The molecule has 5 atom stereocenters. The third-order valence-electron chi connectivity index (χ3n) is 7.04. The molecule has 2 fully saturated rings. The number of benzene rings is 1. The first-order valence-electron chi connectivity index (χ1n) is 12.6. The van der Waals surface area contributed by atoms with E-state index >= 15 is 0 Å². The lowest BCUT2D eigenvalue weighted by molar-refractivity contribution is -0.124. The summed E-state index contributed by atoms with van der Waals surface area (Å²) in [5, 5.41) is 21.4. The highest BCUT2D eigenvalue weighted by atomic mass is 35.5. The van der Waals surface area contributed by atoms with Crippen molar-refractivity contribution in [1.29, 1.82) is 0 Å². The fourth-order valence-electron chi connectivity index (χ4n) is 5.01. The van der Waals surface area contributed by atoms with Gasteiger partial charge in [0.1, 0.15) is 24.0 Å². The molecule has 5 rings (SSSR count). The van der Waals surface area contributed by atoms with E-state index < -0.39 is 41.4 Å². The topological polar surface area (TPSA) is 133 Å². The number of aliphatic hydroxyl groups is 2. The molecule has 0 aliphatic carbocycles. The second kappa shape index (κ2) is 11.4. The number of amides is 1. The van der Waals surface area contributed by atoms with Crippen molar-refractivity contribution in [2.24, 2.45) is 4.99 Å². The van der Waals surface area contributed by atoms with Gasteiger partial charge in [-0.15, -0.1) is 23.4 Å². The molecule has 0 spiro atoms. The first-order chi connectivity index (χ1) is 18.6. The number of hydrazine groups is 1. The standard InChI is InChI=1S/C25H30Cl2N6O5S/c1-14(34)25(27)29-22(30-31-10-8-17(9-11-31)39-16-6-4-3-5-7-16)19-23(33(25)15(2)35)32(13-28-19)24-21(37)20(36)18(12-26)38-24/h3-7,13,17-18,20-21,24,36-37H,8-12H2,1-2H3,(H,29,30)/t18-,20?,21?,24-,25?/m1/s1. The van der Waals surface area contributed by atoms with Crippen LogP contribution >= 0.6 is 35.0 Å². The maximum atomic E-state index is 12.9. The predicted molar refractivity (Wildman–Crippen MR) is 148 cm³/mol. The molecule has 3 unspecified atom stereocenters. The van der Waals surface area contributed by atoms with E-state index in [2.05, 4.69) is 27.5 Å². The summed E-state index contributed by atoms with van der Waals surface area (Å²) in [5.41, 5.74) is 3.51. The van der Waals surface area contributed by atoms with E-state index in [-0.39, 0.29) is 23.2 Å². The lowest BCUT2D eigenvalue weighted by atomic mass is 10.1. The summed E-state index contributed by atoms with van der Waals surface area (Å²) in [6.45, 7) is 3.92. The number of carbonyl (C=O) groups is 2. The van der Waals surface area contributed by atoms with Gasteiger partial charge in [-0.25, -0.2) is 15.0 Å². The van der Waals surface area contributed by atoms with Crippen LogP contribution in [0.15, 0.2) is 46.5 Å². The number of hydrogen-bond acceptors (Lipinski definition) is 10. The van der Waals surface area contributed by atoms with E-state index in [4.69, 9.17) is 27.9 Å². The van der Waals surface area contributed by atoms with Gasteiger partial charge in [0, 0.05) is 37.1 Å². The molecule has 0 radical (unpaired) electrons. The minimum absolute atomic E-state index is 0.0539. The molecular formula is C25H30Cl2N6O5S. The summed E-state index contributed by atoms with van der Waals surface area (Å²) in [7, 11) is 0. The molecule has 2 saturated heterocycles. The average Bonchev–Trinajstić information content (AvgIpc) is 3.46. The molecule has 0 bridgehead atoms. The Morgan fingerprint density at radius 3 is 2.46 bits per heavy atom. The number of anilines is 1. The first kappa shape index (κ1) is 28.3. The number of Topliss-reactive ketones (excluding diaryl/α,β-unsaturated/α-hetero) is 1. The number of carbonyl (C=O) groups excluding carboxylic acids is 2. The van der Waals surface area contributed by atoms with Gasteiger partial charge in [0.15, 0.2) is 23.7 Å². The summed E-state index contributed by atoms with van der Waals surface area (Å²) in [6.07, 6.45) is -1.39. The number of hydrogen-bond donors (Lipinski definition) is 3. The Morgan fingerprint density at radius 1 is 1.18 bits per heavy atom. The molecule has 0 saturated carbocycles. The number of thioether (sulfide) groups is 1. The number of piperidine rings is 1. The van der Waals surface area contributed by atoms with E-state index in [1.54, 1.807) is 0 Å². The molecule has 1 amide bonds. The van der Waals surface area contributed by atoms with Gasteiger partial charge in [0.2, 0.25) is 5.91 Å². The highest BCUT2D eigenvalue weighted by Crippen LogP contribution is 2.41. The highest BCUT2D eigenvalue weighted by Gasteiger charge is 2.52. The van der Waals surface area contributed by atoms with E-state index in [0.717, 1.165) is 17.7 Å². The average molecular weight is 598 g/mol. The van der Waals surface area contributed by atoms with Crippen LogP contribution in [0.1, 0.15) is 38.6 Å². The van der Waals surface area contributed by atoms with E-state index in [0.29, 0.717) is 18.3 Å². The SMILES string of the molecule is CC(=O)N1c2c(ncn2[C@@H]2O[C@H](CCl)C(O)C2O)C(NN2CCC(Sc3ccccc3)CC2)=NC1(Cl)C(C)=O. The summed E-state index contributed by atoms with van der Waals surface area (Å²) in [5.74, 6) is -0.871. The van der Waals surface area contributed by atoms with Crippen molar-refractivity contribution in [3.05, 3.63) is 42.4 Å². The van der Waals surface area contributed by atoms with Crippen LogP contribution in [0.3, 0.4) is 0 Å². The van der Waals surface area contributed by atoms with Crippen LogP contribution in [-0.4, -0.2) is 90.0 Å². The predicted octanol–water partition coefficient (Wildman–Crippen LogP) is 2.10. The maximum absolute atomic E-state index is 12.9. The number of rotatable bonds is 6. The highest BCUT2D eigenvalue weighted by molar-refractivity contribution is 8.00. The van der Waals surface area contributed by atoms with Gasteiger partial charge in [-0.1, -0.05) is 29.8 Å². The molecule has 3 aliphatic heterocycles. The number of ether oxygens (including phenoxy) is 1. The molecule has 14 heteroatoms. The number of nitrogens with one attached hydrogen (secondary N) is 1. The van der Waals surface area contributed by atoms with Crippen LogP contribution < -0.4 is 10.3 Å². The number of fused-ring (bicyclic) bond motifs is 1. The Hall–Kier alpha value is -2.19. The van der Waals surface area contributed by atoms with E-state index in [9.17, 15) is 19.8 Å². The van der Waals surface area contributed by atoms with Gasteiger partial charge in [-0.2, -0.15) is 0 Å². The van der Waals surface area contributed by atoms with Crippen LogP contribution in [-0.2, 0) is 14.3 Å². The Morgan fingerprint density at radius 2 is 1.87 bits per heavy atom. The van der Waals surface area contributed by atoms with Gasteiger partial charge in [0.25, 0.3) is 5.12 Å². The van der Waals surface area contributed by atoms with Gasteiger partial charge < -0.3 is 20.4 Å². The minimum Gasteiger partial charge on any atom is -0.387 e. The van der Waals surface area contributed by atoms with Gasteiger partial charge in [-0.05, 0) is 25.0 Å².